The Balaban J connectivity index is 2.55. The Bertz CT molecular complexity index is 128. The third kappa shape index (κ3) is 0.924. The molecule has 8 heavy (non-hydrogen) atoms. The molecule has 1 aliphatic heterocycles. The Kier molecular flexibility index (Phi) is 0.942. The van der Waals surface area contributed by atoms with Gasteiger partial charge in [0.05, 0.1) is 0 Å². The first-order chi connectivity index (χ1) is 3.60. The monoisotopic (exact) mass is 114 g/mol. The van der Waals surface area contributed by atoms with Crippen molar-refractivity contribution < 1.29 is 4.74 Å². The fourth-order valence-corrected chi connectivity index (χ4v) is 0.656. The van der Waals surface area contributed by atoms with Crippen LogP contribution in [0, 0.1) is 0 Å². The molecule has 1 rings (SSSR count). The van der Waals surface area contributed by atoms with Crippen molar-refractivity contribution in [2.45, 2.75) is 19.1 Å². The predicted molar refractivity (Wildman–Crippen MR) is 30.6 cm³/mol. The molecule has 0 aromatic heterocycles. The SMILES string of the molecule is CC1(N)CC=C(N)O1. The minimum atomic E-state index is -0.552. The highest BCUT2D eigenvalue weighted by Gasteiger charge is 2.24. The summed E-state index contributed by atoms with van der Waals surface area (Å²) in [5.41, 5.74) is 10.2. The second-order valence-corrected chi connectivity index (χ2v) is 2.23. The van der Waals surface area contributed by atoms with Crippen molar-refractivity contribution in [2.75, 3.05) is 0 Å². The summed E-state index contributed by atoms with van der Waals surface area (Å²) < 4.78 is 4.97. The van der Waals surface area contributed by atoms with Gasteiger partial charge in [0.1, 0.15) is 0 Å². The molecule has 0 aliphatic carbocycles. The first-order valence-electron chi connectivity index (χ1n) is 2.54. The van der Waals surface area contributed by atoms with E-state index in [2.05, 4.69) is 0 Å². The van der Waals surface area contributed by atoms with E-state index in [0.717, 1.165) is 0 Å². The van der Waals surface area contributed by atoms with Crippen LogP contribution in [0.5, 0.6) is 0 Å². The highest BCUT2D eigenvalue weighted by Crippen LogP contribution is 2.18. The van der Waals surface area contributed by atoms with Crippen molar-refractivity contribution in [3.63, 3.8) is 0 Å². The van der Waals surface area contributed by atoms with Crippen molar-refractivity contribution in [1.29, 1.82) is 0 Å². The number of ether oxygens (including phenoxy) is 1. The van der Waals surface area contributed by atoms with E-state index in [1.165, 1.54) is 0 Å². The van der Waals surface area contributed by atoms with Crippen LogP contribution in [0.25, 0.3) is 0 Å². The third-order valence-electron chi connectivity index (χ3n) is 1.06. The second-order valence-electron chi connectivity index (χ2n) is 2.23. The largest absolute Gasteiger partial charge is 0.459 e. The maximum absolute atomic E-state index is 5.51. The maximum Gasteiger partial charge on any atom is 0.182 e. The summed E-state index contributed by atoms with van der Waals surface area (Å²) in [5.74, 6) is 0.440. The van der Waals surface area contributed by atoms with Gasteiger partial charge in [-0.15, -0.1) is 0 Å². The Morgan fingerprint density at radius 3 is 2.62 bits per heavy atom. The van der Waals surface area contributed by atoms with Gasteiger partial charge in [0, 0.05) is 6.42 Å². The lowest BCUT2D eigenvalue weighted by molar-refractivity contribution is 0.0484. The van der Waals surface area contributed by atoms with Crippen LogP contribution in [-0.2, 0) is 4.74 Å². The van der Waals surface area contributed by atoms with E-state index >= 15 is 0 Å². The normalized spacial score (nSPS) is 36.5. The van der Waals surface area contributed by atoms with Gasteiger partial charge in [-0.3, -0.25) is 5.73 Å². The first kappa shape index (κ1) is 5.44. The molecule has 46 valence electrons. The molecule has 3 nitrogen and oxygen atoms in total. The van der Waals surface area contributed by atoms with E-state index < -0.39 is 5.72 Å². The molecule has 0 saturated heterocycles. The molecule has 1 unspecified atom stereocenters. The molecule has 0 radical (unpaired) electrons. The van der Waals surface area contributed by atoms with Gasteiger partial charge in [0.15, 0.2) is 11.6 Å². The van der Waals surface area contributed by atoms with E-state index in [0.29, 0.717) is 12.3 Å². The topological polar surface area (TPSA) is 61.3 Å². The molecule has 1 atom stereocenters. The molecule has 0 spiro atoms. The minimum Gasteiger partial charge on any atom is -0.459 e. The molecule has 3 heteroatoms. The van der Waals surface area contributed by atoms with E-state index in [-0.39, 0.29) is 0 Å². The van der Waals surface area contributed by atoms with Crippen LogP contribution >= 0.6 is 0 Å². The Morgan fingerprint density at radius 2 is 2.50 bits per heavy atom. The lowest BCUT2D eigenvalue weighted by Crippen LogP contribution is -2.35. The summed E-state index contributed by atoms with van der Waals surface area (Å²) >= 11 is 0. The molecular weight excluding hydrogens is 104 g/mol. The number of hydrogen-bond acceptors (Lipinski definition) is 3. The van der Waals surface area contributed by atoms with Gasteiger partial charge in [-0.25, -0.2) is 0 Å². The van der Waals surface area contributed by atoms with Crippen LogP contribution in [0.4, 0.5) is 0 Å². The fourth-order valence-electron chi connectivity index (χ4n) is 0.656. The van der Waals surface area contributed by atoms with Crippen LogP contribution in [-0.4, -0.2) is 5.72 Å². The fraction of sp³-hybridized carbons (Fsp3) is 0.600. The molecule has 0 bridgehead atoms. The first-order valence-corrected chi connectivity index (χ1v) is 2.54. The van der Waals surface area contributed by atoms with Crippen LogP contribution in [0.15, 0.2) is 12.0 Å². The van der Waals surface area contributed by atoms with Crippen LogP contribution in [0.2, 0.25) is 0 Å². The number of hydrogen-bond donors (Lipinski definition) is 2. The zero-order chi connectivity index (χ0) is 6.20. The Morgan fingerprint density at radius 1 is 1.88 bits per heavy atom. The molecular formula is C5H10N2O. The molecule has 0 aromatic rings. The zero-order valence-electron chi connectivity index (χ0n) is 4.85. The van der Waals surface area contributed by atoms with Crippen molar-refractivity contribution >= 4 is 0 Å². The van der Waals surface area contributed by atoms with Gasteiger partial charge < -0.3 is 10.5 Å². The number of nitrogens with two attached hydrogens (primary N) is 2. The summed E-state index contributed by atoms with van der Waals surface area (Å²) in [7, 11) is 0. The summed E-state index contributed by atoms with van der Waals surface area (Å²) in [4.78, 5) is 0. The Labute approximate surface area is 48.3 Å². The third-order valence-corrected chi connectivity index (χ3v) is 1.06. The van der Waals surface area contributed by atoms with Gasteiger partial charge in [-0.1, -0.05) is 0 Å². The minimum absolute atomic E-state index is 0.440. The van der Waals surface area contributed by atoms with Crippen LogP contribution in [0.3, 0.4) is 0 Å². The smallest absolute Gasteiger partial charge is 0.182 e. The average molecular weight is 114 g/mol. The molecule has 0 saturated carbocycles. The predicted octanol–water partition coefficient (Wildman–Crippen LogP) is -0.118. The molecule has 0 aromatic carbocycles. The quantitative estimate of drug-likeness (QED) is 0.461. The van der Waals surface area contributed by atoms with Crippen molar-refractivity contribution in [3.05, 3.63) is 12.0 Å². The summed E-state index contributed by atoms with van der Waals surface area (Å²) in [5, 5.41) is 0. The molecule has 4 N–H and O–H groups in total. The summed E-state index contributed by atoms with van der Waals surface area (Å²) in [6.45, 7) is 1.80. The molecule has 1 heterocycles. The standard InChI is InChI=1S/C5H10N2O/c1-5(7)3-2-4(6)8-5/h2H,3,6-7H2,1H3. The van der Waals surface area contributed by atoms with E-state index in [4.69, 9.17) is 16.2 Å². The molecule has 1 aliphatic rings. The van der Waals surface area contributed by atoms with E-state index in [1.54, 1.807) is 13.0 Å². The lowest BCUT2D eigenvalue weighted by atomic mass is 10.2. The second kappa shape index (κ2) is 1.39. The highest BCUT2D eigenvalue weighted by atomic mass is 16.5. The lowest BCUT2D eigenvalue weighted by Gasteiger charge is -2.17. The summed E-state index contributed by atoms with van der Waals surface area (Å²) in [6, 6.07) is 0. The average Bonchev–Trinajstić information content (AvgIpc) is 1.82. The maximum atomic E-state index is 5.51. The van der Waals surface area contributed by atoms with E-state index in [1.807, 2.05) is 0 Å². The van der Waals surface area contributed by atoms with Gasteiger partial charge in [-0.2, -0.15) is 0 Å². The van der Waals surface area contributed by atoms with E-state index in [9.17, 15) is 0 Å². The van der Waals surface area contributed by atoms with Crippen molar-refractivity contribution in [2.24, 2.45) is 11.5 Å². The van der Waals surface area contributed by atoms with Gasteiger partial charge in [-0.05, 0) is 13.0 Å². The van der Waals surface area contributed by atoms with Gasteiger partial charge in [0.25, 0.3) is 0 Å². The Hall–Kier alpha value is -0.700. The van der Waals surface area contributed by atoms with Crippen LogP contribution in [0.1, 0.15) is 13.3 Å². The van der Waals surface area contributed by atoms with Crippen molar-refractivity contribution in [1.82, 2.24) is 0 Å². The van der Waals surface area contributed by atoms with Gasteiger partial charge >= 0.3 is 0 Å². The zero-order valence-corrected chi connectivity index (χ0v) is 4.85. The highest BCUT2D eigenvalue weighted by molar-refractivity contribution is 5.00. The molecule has 0 fully saturated rings. The van der Waals surface area contributed by atoms with Gasteiger partial charge in [0.2, 0.25) is 0 Å². The van der Waals surface area contributed by atoms with Crippen LogP contribution < -0.4 is 11.5 Å². The van der Waals surface area contributed by atoms with Crippen molar-refractivity contribution in [3.8, 4) is 0 Å². The molecule has 0 amide bonds. The number of rotatable bonds is 0. The summed E-state index contributed by atoms with van der Waals surface area (Å²) in [6.07, 6.45) is 2.48.